The first-order valence-corrected chi connectivity index (χ1v) is 8.24. The molecule has 1 aliphatic carbocycles. The molecule has 1 aliphatic rings. The number of hydrogen-bond acceptors (Lipinski definition) is 2. The molecule has 20 heavy (non-hydrogen) atoms. The first-order valence-electron chi connectivity index (χ1n) is 7.45. The van der Waals surface area contributed by atoms with Crippen LogP contribution in [0.4, 0.5) is 5.69 Å². The number of carbonyl (C=O) groups excluding carboxylic acids is 1. The zero-order valence-electron chi connectivity index (χ0n) is 12.2. The number of aryl methyl sites for hydroxylation is 1. The van der Waals surface area contributed by atoms with E-state index in [0.29, 0.717) is 6.04 Å². The molecule has 1 aromatic rings. The molecule has 0 spiro atoms. The minimum absolute atomic E-state index is 0.0990. The predicted molar refractivity (Wildman–Crippen MR) is 87.0 cm³/mol. The number of halogens is 1. The van der Waals surface area contributed by atoms with E-state index < -0.39 is 0 Å². The average molecular weight is 339 g/mol. The zero-order chi connectivity index (χ0) is 14.5. The summed E-state index contributed by atoms with van der Waals surface area (Å²) >= 11 is 3.48. The summed E-state index contributed by atoms with van der Waals surface area (Å²) in [6.45, 7) is 4.04. The van der Waals surface area contributed by atoms with Crippen molar-refractivity contribution in [3.05, 3.63) is 28.2 Å². The lowest BCUT2D eigenvalue weighted by atomic mass is 10.1. The molecular formula is C16H23BrN2O. The van der Waals surface area contributed by atoms with E-state index in [1.807, 2.05) is 19.1 Å². The second-order valence-electron chi connectivity index (χ2n) is 5.51. The summed E-state index contributed by atoms with van der Waals surface area (Å²) in [4.78, 5) is 12.2. The van der Waals surface area contributed by atoms with E-state index >= 15 is 0 Å². The first kappa shape index (κ1) is 15.4. The van der Waals surface area contributed by atoms with Crippen molar-refractivity contribution in [3.8, 4) is 0 Å². The number of amides is 1. The van der Waals surface area contributed by atoms with E-state index in [1.165, 1.54) is 18.4 Å². The third-order valence-corrected chi connectivity index (χ3v) is 4.41. The van der Waals surface area contributed by atoms with Gasteiger partial charge in [-0.05, 0) is 49.9 Å². The molecule has 0 saturated heterocycles. The number of benzene rings is 1. The Balaban J connectivity index is 1.96. The summed E-state index contributed by atoms with van der Waals surface area (Å²) in [7, 11) is 0. The van der Waals surface area contributed by atoms with Crippen LogP contribution in [0.1, 0.15) is 45.1 Å². The molecule has 0 heterocycles. The van der Waals surface area contributed by atoms with Crippen LogP contribution in [0.25, 0.3) is 0 Å². The van der Waals surface area contributed by atoms with Crippen LogP contribution in [-0.2, 0) is 11.2 Å². The predicted octanol–water partition coefficient (Wildman–Crippen LogP) is 3.87. The number of rotatable bonds is 5. The van der Waals surface area contributed by atoms with Crippen LogP contribution in [0.15, 0.2) is 22.7 Å². The van der Waals surface area contributed by atoms with E-state index in [0.717, 1.165) is 29.4 Å². The number of anilines is 1. The zero-order valence-corrected chi connectivity index (χ0v) is 13.8. The molecule has 1 fully saturated rings. The smallest absolute Gasteiger partial charge is 0.242 e. The average Bonchev–Trinajstić information content (AvgIpc) is 2.93. The molecular weight excluding hydrogens is 316 g/mol. The Morgan fingerprint density at radius 1 is 1.40 bits per heavy atom. The highest BCUT2D eigenvalue weighted by Gasteiger charge is 2.20. The molecule has 2 N–H and O–H groups in total. The molecule has 1 amide bonds. The van der Waals surface area contributed by atoms with Gasteiger partial charge in [0, 0.05) is 16.2 Å². The maximum Gasteiger partial charge on any atom is 0.242 e. The lowest BCUT2D eigenvalue weighted by Gasteiger charge is -2.20. The summed E-state index contributed by atoms with van der Waals surface area (Å²) in [5, 5.41) is 6.47. The fourth-order valence-electron chi connectivity index (χ4n) is 2.69. The normalized spacial score (nSPS) is 16.9. The van der Waals surface area contributed by atoms with Gasteiger partial charge in [0.25, 0.3) is 0 Å². The van der Waals surface area contributed by atoms with E-state index in [-0.39, 0.29) is 11.9 Å². The Labute approximate surface area is 129 Å². The van der Waals surface area contributed by atoms with Gasteiger partial charge in [0.2, 0.25) is 5.91 Å². The largest absolute Gasteiger partial charge is 0.374 e. The first-order chi connectivity index (χ1) is 9.60. The molecule has 4 heteroatoms. The van der Waals surface area contributed by atoms with Gasteiger partial charge in [-0.2, -0.15) is 0 Å². The van der Waals surface area contributed by atoms with E-state index in [1.54, 1.807) is 0 Å². The van der Waals surface area contributed by atoms with Crippen LogP contribution in [0.3, 0.4) is 0 Å². The fourth-order valence-corrected chi connectivity index (χ4v) is 3.10. The van der Waals surface area contributed by atoms with Gasteiger partial charge in [-0.1, -0.05) is 35.7 Å². The van der Waals surface area contributed by atoms with Crippen LogP contribution in [0.5, 0.6) is 0 Å². The lowest BCUT2D eigenvalue weighted by Crippen LogP contribution is -2.42. The van der Waals surface area contributed by atoms with Crippen molar-refractivity contribution < 1.29 is 4.79 Å². The molecule has 0 aliphatic heterocycles. The van der Waals surface area contributed by atoms with Crippen molar-refractivity contribution in [3.63, 3.8) is 0 Å². The van der Waals surface area contributed by atoms with E-state index in [4.69, 9.17) is 0 Å². The molecule has 110 valence electrons. The second-order valence-corrected chi connectivity index (χ2v) is 6.43. The molecule has 0 aromatic heterocycles. The highest BCUT2D eigenvalue weighted by Crippen LogP contribution is 2.22. The molecule has 1 aromatic carbocycles. The number of nitrogens with one attached hydrogen (secondary N) is 2. The van der Waals surface area contributed by atoms with E-state index in [9.17, 15) is 4.79 Å². The highest BCUT2D eigenvalue weighted by molar-refractivity contribution is 9.10. The minimum atomic E-state index is -0.206. The summed E-state index contributed by atoms with van der Waals surface area (Å²) in [6.07, 6.45) is 5.66. The SMILES string of the molecule is CCc1cc(Br)ccc1NC(C)C(=O)NC1CCCC1. The van der Waals surface area contributed by atoms with Crippen LogP contribution in [0.2, 0.25) is 0 Å². The summed E-state index contributed by atoms with van der Waals surface area (Å²) in [5.74, 6) is 0.0990. The summed E-state index contributed by atoms with van der Waals surface area (Å²) < 4.78 is 1.07. The van der Waals surface area contributed by atoms with Crippen molar-refractivity contribution in [2.24, 2.45) is 0 Å². The quantitative estimate of drug-likeness (QED) is 0.855. The van der Waals surface area contributed by atoms with E-state index in [2.05, 4.69) is 39.6 Å². The third-order valence-electron chi connectivity index (χ3n) is 3.92. The molecule has 0 radical (unpaired) electrons. The number of carbonyl (C=O) groups is 1. The third kappa shape index (κ3) is 3.98. The van der Waals surface area contributed by atoms with Gasteiger partial charge in [0.1, 0.15) is 6.04 Å². The van der Waals surface area contributed by atoms with Crippen molar-refractivity contribution in [1.29, 1.82) is 0 Å². The lowest BCUT2D eigenvalue weighted by molar-refractivity contribution is -0.122. The van der Waals surface area contributed by atoms with Crippen LogP contribution in [0, 0.1) is 0 Å². The molecule has 2 rings (SSSR count). The summed E-state index contributed by atoms with van der Waals surface area (Å²) in [6, 6.07) is 6.30. The van der Waals surface area contributed by atoms with Crippen molar-refractivity contribution in [2.75, 3.05) is 5.32 Å². The summed E-state index contributed by atoms with van der Waals surface area (Å²) in [5.41, 5.74) is 2.27. The van der Waals surface area contributed by atoms with Crippen LogP contribution < -0.4 is 10.6 Å². The molecule has 0 bridgehead atoms. The Morgan fingerprint density at radius 2 is 2.10 bits per heavy atom. The molecule has 1 unspecified atom stereocenters. The van der Waals surface area contributed by atoms with Crippen LogP contribution >= 0.6 is 15.9 Å². The van der Waals surface area contributed by atoms with Crippen molar-refractivity contribution in [1.82, 2.24) is 5.32 Å². The van der Waals surface area contributed by atoms with Gasteiger partial charge in [-0.25, -0.2) is 0 Å². The Hall–Kier alpha value is -1.03. The Bertz CT molecular complexity index is 470. The van der Waals surface area contributed by atoms with Crippen molar-refractivity contribution in [2.45, 2.75) is 58.0 Å². The molecule has 3 nitrogen and oxygen atoms in total. The van der Waals surface area contributed by atoms with Crippen LogP contribution in [-0.4, -0.2) is 18.0 Å². The molecule has 1 atom stereocenters. The fraction of sp³-hybridized carbons (Fsp3) is 0.562. The second kappa shape index (κ2) is 7.11. The Kier molecular flexibility index (Phi) is 5.46. The van der Waals surface area contributed by atoms with Gasteiger partial charge in [-0.15, -0.1) is 0 Å². The maximum absolute atomic E-state index is 12.2. The van der Waals surface area contributed by atoms with Crippen molar-refractivity contribution >= 4 is 27.5 Å². The Morgan fingerprint density at radius 3 is 2.75 bits per heavy atom. The number of hydrogen-bond donors (Lipinski definition) is 2. The monoisotopic (exact) mass is 338 g/mol. The van der Waals surface area contributed by atoms with Gasteiger partial charge in [0.05, 0.1) is 0 Å². The topological polar surface area (TPSA) is 41.1 Å². The minimum Gasteiger partial charge on any atom is -0.374 e. The van der Waals surface area contributed by atoms with Gasteiger partial charge < -0.3 is 10.6 Å². The van der Waals surface area contributed by atoms with Gasteiger partial charge in [-0.3, -0.25) is 4.79 Å². The van der Waals surface area contributed by atoms with Gasteiger partial charge >= 0.3 is 0 Å². The maximum atomic E-state index is 12.2. The standard InChI is InChI=1S/C16H23BrN2O/c1-3-12-10-13(17)8-9-15(12)18-11(2)16(20)19-14-6-4-5-7-14/h8-11,14,18H,3-7H2,1-2H3,(H,19,20). The van der Waals surface area contributed by atoms with Gasteiger partial charge in [0.15, 0.2) is 0 Å². The highest BCUT2D eigenvalue weighted by atomic mass is 79.9. The molecule has 1 saturated carbocycles.